The Balaban J connectivity index is 1.82. The monoisotopic (exact) mass is 546 g/mol. The van der Waals surface area contributed by atoms with Crippen LogP contribution < -0.4 is 21.9 Å². The summed E-state index contributed by atoms with van der Waals surface area (Å²) < 4.78 is 16.9. The van der Waals surface area contributed by atoms with Gasteiger partial charge in [0.05, 0.1) is 13.2 Å². The Bertz CT molecular complexity index is 1330. The van der Waals surface area contributed by atoms with E-state index in [0.29, 0.717) is 10.4 Å². The van der Waals surface area contributed by atoms with Gasteiger partial charge in [-0.15, -0.1) is 0 Å². The third-order valence-electron chi connectivity index (χ3n) is 4.80. The van der Waals surface area contributed by atoms with Crippen molar-refractivity contribution in [3.8, 4) is 0 Å². The molecule has 184 valence electrons. The van der Waals surface area contributed by atoms with Crippen LogP contribution in [0.5, 0.6) is 0 Å². The number of ether oxygens (including phenoxy) is 2. The highest BCUT2D eigenvalue weighted by molar-refractivity contribution is 9.10. The lowest BCUT2D eigenvalue weighted by Gasteiger charge is -2.24. The van der Waals surface area contributed by atoms with Crippen LogP contribution in [0.15, 0.2) is 67.2 Å². The molecule has 1 amide bonds. The zero-order valence-electron chi connectivity index (χ0n) is 18.7. The van der Waals surface area contributed by atoms with Gasteiger partial charge in [-0.05, 0) is 39.7 Å². The van der Waals surface area contributed by atoms with Crippen LogP contribution in [0.3, 0.4) is 0 Å². The van der Waals surface area contributed by atoms with E-state index in [4.69, 9.17) is 19.6 Å². The fourth-order valence-electron chi connectivity index (χ4n) is 3.13. The van der Waals surface area contributed by atoms with E-state index in [-0.39, 0.29) is 31.2 Å². The number of H-pyrrole nitrogens is 1. The van der Waals surface area contributed by atoms with E-state index < -0.39 is 29.7 Å². The molecule has 2 heterocycles. The van der Waals surface area contributed by atoms with Crippen molar-refractivity contribution in [2.24, 2.45) is 0 Å². The third kappa shape index (κ3) is 6.80. The highest BCUT2D eigenvalue weighted by atomic mass is 79.9. The molecule has 0 aliphatic heterocycles. The van der Waals surface area contributed by atoms with Crippen LogP contribution in [0.1, 0.15) is 11.3 Å². The molecule has 0 unspecified atom stereocenters. The van der Waals surface area contributed by atoms with Crippen molar-refractivity contribution < 1.29 is 23.5 Å². The van der Waals surface area contributed by atoms with Crippen molar-refractivity contribution in [3.05, 3.63) is 85.4 Å². The van der Waals surface area contributed by atoms with Crippen LogP contribution in [0, 0.1) is 0 Å². The molecule has 3 aromatic rings. The lowest BCUT2D eigenvalue weighted by molar-refractivity contribution is -0.142. The zero-order valence-corrected chi connectivity index (χ0v) is 20.3. The first kappa shape index (κ1) is 25.7. The lowest BCUT2D eigenvalue weighted by atomic mass is 10.2. The Hall–Kier alpha value is -3.90. The molecule has 0 fully saturated rings. The number of rotatable bonds is 10. The van der Waals surface area contributed by atoms with Crippen LogP contribution in [-0.4, -0.2) is 48.3 Å². The molecular weight excluding hydrogens is 524 g/mol. The lowest BCUT2D eigenvalue weighted by Crippen LogP contribution is -2.44. The SMILES string of the molecule is COCCN(C(=O)COC(=O)/C=C\c1ccc(Br)o1)c1c(N)n(Cc2ccccc2)c(=O)[nH]c1=O. The molecule has 0 bridgehead atoms. The van der Waals surface area contributed by atoms with Crippen molar-refractivity contribution in [1.29, 1.82) is 0 Å². The quantitative estimate of drug-likeness (QED) is 0.288. The van der Waals surface area contributed by atoms with Crippen LogP contribution in [0.2, 0.25) is 0 Å². The van der Waals surface area contributed by atoms with Gasteiger partial charge in [-0.3, -0.25) is 24.0 Å². The standard InChI is InChI=1S/C23H23BrN4O7/c1-33-12-11-27(18(29)14-34-19(30)10-8-16-7-9-17(24)35-16)20-21(25)28(23(32)26-22(20)31)13-15-5-3-2-4-6-15/h2-10H,11-14,25H2,1H3,(H,26,31,32)/b10-8-. The fraction of sp³-hybridized carbons (Fsp3) is 0.217. The van der Waals surface area contributed by atoms with E-state index in [2.05, 4.69) is 20.9 Å². The van der Waals surface area contributed by atoms with Crippen molar-refractivity contribution in [2.45, 2.75) is 6.54 Å². The topological polar surface area (TPSA) is 150 Å². The van der Waals surface area contributed by atoms with Gasteiger partial charge >= 0.3 is 11.7 Å². The molecular formula is C23H23BrN4O7. The van der Waals surface area contributed by atoms with Crippen LogP contribution in [0.25, 0.3) is 6.08 Å². The second-order valence-electron chi connectivity index (χ2n) is 7.19. The number of hydrogen-bond donors (Lipinski definition) is 2. The molecule has 3 rings (SSSR count). The number of furan rings is 1. The number of aromatic amines is 1. The van der Waals surface area contributed by atoms with Gasteiger partial charge < -0.3 is 19.6 Å². The smallest absolute Gasteiger partial charge is 0.331 e. The molecule has 0 radical (unpaired) electrons. The Labute approximate surface area is 207 Å². The molecule has 11 nitrogen and oxygen atoms in total. The van der Waals surface area contributed by atoms with Gasteiger partial charge in [-0.25, -0.2) is 9.59 Å². The number of nitrogens with zero attached hydrogens (tertiary/aromatic N) is 2. The number of methoxy groups -OCH3 is 1. The number of nitrogen functional groups attached to an aromatic ring is 1. The minimum Gasteiger partial charge on any atom is -0.452 e. The summed E-state index contributed by atoms with van der Waals surface area (Å²) >= 11 is 3.15. The fourth-order valence-corrected chi connectivity index (χ4v) is 3.45. The molecule has 1 aromatic carbocycles. The molecule has 0 spiro atoms. The number of carbonyl (C=O) groups excluding carboxylic acids is 2. The van der Waals surface area contributed by atoms with Crippen LogP contribution >= 0.6 is 15.9 Å². The minimum absolute atomic E-state index is 0.0592. The predicted octanol–water partition coefficient (Wildman–Crippen LogP) is 1.76. The van der Waals surface area contributed by atoms with E-state index in [1.807, 2.05) is 6.07 Å². The molecule has 2 aromatic heterocycles. The van der Waals surface area contributed by atoms with E-state index in [1.165, 1.54) is 13.2 Å². The second kappa shape index (κ2) is 12.0. The molecule has 12 heteroatoms. The summed E-state index contributed by atoms with van der Waals surface area (Å²) in [6.45, 7) is -0.612. The van der Waals surface area contributed by atoms with Crippen molar-refractivity contribution in [2.75, 3.05) is 37.5 Å². The van der Waals surface area contributed by atoms with Gasteiger partial charge in [0.2, 0.25) is 0 Å². The number of amides is 1. The van der Waals surface area contributed by atoms with E-state index in [0.717, 1.165) is 21.1 Å². The van der Waals surface area contributed by atoms with Gasteiger partial charge in [-0.1, -0.05) is 30.3 Å². The number of nitrogens with two attached hydrogens (primary N) is 1. The molecule has 3 N–H and O–H groups in total. The third-order valence-corrected chi connectivity index (χ3v) is 5.23. The highest BCUT2D eigenvalue weighted by Gasteiger charge is 2.25. The second-order valence-corrected chi connectivity index (χ2v) is 7.97. The van der Waals surface area contributed by atoms with Crippen molar-refractivity contribution in [3.63, 3.8) is 0 Å². The minimum atomic E-state index is -0.851. The maximum Gasteiger partial charge on any atom is 0.331 e. The summed E-state index contributed by atoms with van der Waals surface area (Å²) in [5.41, 5.74) is 5.14. The van der Waals surface area contributed by atoms with Crippen molar-refractivity contribution in [1.82, 2.24) is 9.55 Å². The Morgan fingerprint density at radius 3 is 2.60 bits per heavy atom. The van der Waals surface area contributed by atoms with E-state index in [1.54, 1.807) is 36.4 Å². The molecule has 0 saturated heterocycles. The van der Waals surface area contributed by atoms with Gasteiger partial charge in [0, 0.05) is 19.7 Å². The number of esters is 1. The van der Waals surface area contributed by atoms with Crippen LogP contribution in [0.4, 0.5) is 11.5 Å². The molecule has 0 aliphatic rings. The maximum atomic E-state index is 12.9. The van der Waals surface area contributed by atoms with E-state index >= 15 is 0 Å². The molecule has 0 saturated carbocycles. The number of nitrogens with one attached hydrogen (secondary N) is 1. The van der Waals surface area contributed by atoms with Gasteiger partial charge in [0.1, 0.15) is 11.6 Å². The number of benzene rings is 1. The van der Waals surface area contributed by atoms with Gasteiger partial charge in [0.25, 0.3) is 11.5 Å². The van der Waals surface area contributed by atoms with Gasteiger partial charge in [-0.2, -0.15) is 0 Å². The first-order valence-electron chi connectivity index (χ1n) is 10.4. The first-order valence-corrected chi connectivity index (χ1v) is 11.2. The number of hydrogen-bond acceptors (Lipinski definition) is 8. The van der Waals surface area contributed by atoms with E-state index in [9.17, 15) is 19.2 Å². The normalized spacial score (nSPS) is 11.0. The summed E-state index contributed by atoms with van der Waals surface area (Å²) in [4.78, 5) is 53.3. The average molecular weight is 547 g/mol. The number of halogens is 1. The predicted molar refractivity (Wildman–Crippen MR) is 132 cm³/mol. The Kier molecular flexibility index (Phi) is 8.81. The summed E-state index contributed by atoms with van der Waals surface area (Å²) in [5.74, 6) is -1.33. The average Bonchev–Trinajstić information content (AvgIpc) is 3.26. The largest absolute Gasteiger partial charge is 0.452 e. The molecule has 0 aliphatic carbocycles. The Morgan fingerprint density at radius 2 is 1.94 bits per heavy atom. The summed E-state index contributed by atoms with van der Waals surface area (Å²) in [7, 11) is 1.42. The number of carbonyl (C=O) groups is 2. The maximum absolute atomic E-state index is 12.9. The highest BCUT2D eigenvalue weighted by Crippen LogP contribution is 2.18. The Morgan fingerprint density at radius 1 is 1.20 bits per heavy atom. The summed E-state index contributed by atoms with van der Waals surface area (Å²) in [6, 6.07) is 12.3. The zero-order chi connectivity index (χ0) is 25.4. The van der Waals surface area contributed by atoms with Gasteiger partial charge in [0.15, 0.2) is 17.0 Å². The first-order chi connectivity index (χ1) is 16.8. The number of anilines is 2. The molecule has 35 heavy (non-hydrogen) atoms. The number of aromatic nitrogens is 2. The van der Waals surface area contributed by atoms with Crippen LogP contribution in [-0.2, 0) is 25.6 Å². The molecule has 0 atom stereocenters. The van der Waals surface area contributed by atoms with Crippen molar-refractivity contribution >= 4 is 45.4 Å². The summed E-state index contributed by atoms with van der Waals surface area (Å²) in [6.07, 6.45) is 2.47. The summed E-state index contributed by atoms with van der Waals surface area (Å²) in [5, 5.41) is 0.